The van der Waals surface area contributed by atoms with Crippen LogP contribution in [-0.4, -0.2) is 42.9 Å². The lowest BCUT2D eigenvalue weighted by Gasteiger charge is -2.28. The Morgan fingerprint density at radius 1 is 1.26 bits per heavy atom. The Morgan fingerprint density at radius 2 is 1.93 bits per heavy atom. The maximum atomic E-state index is 12.8. The molecule has 0 aliphatic carbocycles. The number of rotatable bonds is 5. The summed E-state index contributed by atoms with van der Waals surface area (Å²) in [5.74, 6) is 0.834. The smallest absolute Gasteiger partial charge is 0.256 e. The van der Waals surface area contributed by atoms with Crippen molar-refractivity contribution < 1.29 is 9.59 Å². The third-order valence-electron chi connectivity index (χ3n) is 5.58. The number of halogens is 2. The van der Waals surface area contributed by atoms with Gasteiger partial charge in [-0.2, -0.15) is 0 Å². The lowest BCUT2D eigenvalue weighted by atomic mass is 9.84. The molecule has 2 amide bonds. The molecule has 0 radical (unpaired) electrons. The molecule has 2 fully saturated rings. The van der Waals surface area contributed by atoms with Crippen LogP contribution in [-0.2, 0) is 4.79 Å². The molecule has 27 heavy (non-hydrogen) atoms. The highest BCUT2D eigenvalue weighted by atomic mass is 35.5. The van der Waals surface area contributed by atoms with E-state index in [0.29, 0.717) is 34.5 Å². The monoisotopic (exact) mass is 413 g/mol. The van der Waals surface area contributed by atoms with Crippen LogP contribution in [0.25, 0.3) is 0 Å². The molecule has 2 N–H and O–H groups in total. The number of amides is 2. The minimum atomic E-state index is -0.0493. The molecule has 1 aromatic rings. The van der Waals surface area contributed by atoms with Gasteiger partial charge in [0.15, 0.2) is 0 Å². The van der Waals surface area contributed by atoms with E-state index in [9.17, 15) is 9.59 Å². The van der Waals surface area contributed by atoms with Crippen LogP contribution in [0.15, 0.2) is 18.2 Å². The Hall–Kier alpha value is -1.30. The average molecular weight is 414 g/mol. The second-order valence-electron chi connectivity index (χ2n) is 7.51. The van der Waals surface area contributed by atoms with Gasteiger partial charge in [0.05, 0.1) is 11.3 Å². The van der Waals surface area contributed by atoms with Gasteiger partial charge in [-0.25, -0.2) is 0 Å². The van der Waals surface area contributed by atoms with Crippen molar-refractivity contribution in [3.8, 4) is 0 Å². The fourth-order valence-corrected chi connectivity index (χ4v) is 4.14. The summed E-state index contributed by atoms with van der Waals surface area (Å²) in [4.78, 5) is 27.2. The molecule has 1 atom stereocenters. The number of likely N-dealkylation sites (tertiary alicyclic amines) is 1. The van der Waals surface area contributed by atoms with Gasteiger partial charge >= 0.3 is 0 Å². The summed E-state index contributed by atoms with van der Waals surface area (Å²) in [6, 6.07) is 5.11. The van der Waals surface area contributed by atoms with E-state index >= 15 is 0 Å². The Labute approximate surface area is 172 Å². The Kier molecular flexibility index (Phi) is 8.39. The molecule has 0 spiro atoms. The van der Waals surface area contributed by atoms with Gasteiger partial charge in [0, 0.05) is 24.5 Å². The maximum Gasteiger partial charge on any atom is 0.256 e. The van der Waals surface area contributed by atoms with Crippen LogP contribution in [0.5, 0.6) is 0 Å². The van der Waals surface area contributed by atoms with E-state index in [4.69, 9.17) is 11.6 Å². The van der Waals surface area contributed by atoms with Gasteiger partial charge < -0.3 is 15.5 Å². The largest absolute Gasteiger partial charge is 0.339 e. The van der Waals surface area contributed by atoms with Crippen LogP contribution in [0.2, 0.25) is 5.02 Å². The quantitative estimate of drug-likeness (QED) is 0.767. The molecule has 5 nitrogen and oxygen atoms in total. The van der Waals surface area contributed by atoms with Crippen LogP contribution < -0.4 is 10.6 Å². The first-order chi connectivity index (χ1) is 12.5. The van der Waals surface area contributed by atoms with E-state index in [1.165, 1.54) is 0 Å². The standard InChI is InChI=1S/C20H28ClN3O2.ClH/c1-14(15-6-8-22-9-7-15)12-19(25)23-18-5-4-16(21)13-17(18)20(26)24-10-2-3-11-24;/h4-5,13-15,22H,2-3,6-12H2,1H3,(H,23,25);1H. The first-order valence-electron chi connectivity index (χ1n) is 9.64. The maximum absolute atomic E-state index is 12.8. The van der Waals surface area contributed by atoms with Crippen LogP contribution in [0.1, 0.15) is 49.4 Å². The van der Waals surface area contributed by atoms with E-state index in [2.05, 4.69) is 17.6 Å². The first-order valence-corrected chi connectivity index (χ1v) is 10.0. The van der Waals surface area contributed by atoms with E-state index in [1.807, 2.05) is 4.90 Å². The van der Waals surface area contributed by atoms with Gasteiger partial charge in [-0.3, -0.25) is 9.59 Å². The molecular formula is C20H29Cl2N3O2. The predicted molar refractivity (Wildman–Crippen MR) is 112 cm³/mol. The molecule has 2 heterocycles. The molecular weight excluding hydrogens is 385 g/mol. The zero-order valence-corrected chi connectivity index (χ0v) is 17.4. The molecule has 1 unspecified atom stereocenters. The van der Waals surface area contributed by atoms with Crippen molar-refractivity contribution in [1.82, 2.24) is 10.2 Å². The number of nitrogens with one attached hydrogen (secondary N) is 2. The Morgan fingerprint density at radius 3 is 2.59 bits per heavy atom. The highest BCUT2D eigenvalue weighted by Crippen LogP contribution is 2.27. The number of anilines is 1. The highest BCUT2D eigenvalue weighted by Gasteiger charge is 2.25. The van der Waals surface area contributed by atoms with Crippen LogP contribution in [0.3, 0.4) is 0 Å². The number of piperidine rings is 1. The van der Waals surface area contributed by atoms with Crippen molar-refractivity contribution in [3.63, 3.8) is 0 Å². The summed E-state index contributed by atoms with van der Waals surface area (Å²) in [5, 5.41) is 6.82. The van der Waals surface area contributed by atoms with Crippen LogP contribution in [0, 0.1) is 11.8 Å². The second kappa shape index (κ2) is 10.3. The van der Waals surface area contributed by atoms with Gasteiger partial charge in [-0.05, 0) is 68.8 Å². The second-order valence-corrected chi connectivity index (χ2v) is 7.94. The molecule has 3 rings (SSSR count). The van der Waals surface area contributed by atoms with Crippen LogP contribution in [0.4, 0.5) is 5.69 Å². The van der Waals surface area contributed by atoms with Crippen molar-refractivity contribution in [2.24, 2.45) is 11.8 Å². The van der Waals surface area contributed by atoms with Gasteiger partial charge in [-0.15, -0.1) is 12.4 Å². The molecule has 0 aromatic heterocycles. The normalized spacial score (nSPS) is 18.7. The highest BCUT2D eigenvalue weighted by molar-refractivity contribution is 6.31. The summed E-state index contributed by atoms with van der Waals surface area (Å²) in [5.41, 5.74) is 1.05. The van der Waals surface area contributed by atoms with Gasteiger partial charge in [0.25, 0.3) is 5.91 Å². The summed E-state index contributed by atoms with van der Waals surface area (Å²) < 4.78 is 0. The average Bonchev–Trinajstić information content (AvgIpc) is 3.18. The number of nitrogens with zero attached hydrogens (tertiary/aromatic N) is 1. The minimum Gasteiger partial charge on any atom is -0.339 e. The first kappa shape index (κ1) is 22.0. The van der Waals surface area contributed by atoms with E-state index in [1.54, 1.807) is 18.2 Å². The molecule has 2 aliphatic rings. The Balaban J connectivity index is 0.00000261. The van der Waals surface area contributed by atoms with Crippen molar-refractivity contribution in [1.29, 1.82) is 0 Å². The number of benzene rings is 1. The van der Waals surface area contributed by atoms with Crippen LogP contribution >= 0.6 is 24.0 Å². The number of carbonyl (C=O) groups excluding carboxylic acids is 2. The van der Waals surface area contributed by atoms with E-state index < -0.39 is 0 Å². The summed E-state index contributed by atoms with van der Waals surface area (Å²) in [6.45, 7) is 5.75. The number of hydrogen-bond acceptors (Lipinski definition) is 3. The summed E-state index contributed by atoms with van der Waals surface area (Å²) >= 11 is 6.10. The fourth-order valence-electron chi connectivity index (χ4n) is 3.97. The third-order valence-corrected chi connectivity index (χ3v) is 5.81. The molecule has 150 valence electrons. The minimum absolute atomic E-state index is 0. The fraction of sp³-hybridized carbons (Fsp3) is 0.600. The lowest BCUT2D eigenvalue weighted by Crippen LogP contribution is -2.32. The summed E-state index contributed by atoms with van der Waals surface area (Å²) in [7, 11) is 0. The van der Waals surface area contributed by atoms with Crippen molar-refractivity contribution in [2.45, 2.75) is 39.0 Å². The Bertz CT molecular complexity index is 657. The SMILES string of the molecule is CC(CC(=O)Nc1ccc(Cl)cc1C(=O)N1CCCC1)C1CCNCC1.Cl. The van der Waals surface area contributed by atoms with E-state index in [-0.39, 0.29) is 24.2 Å². The number of hydrogen-bond donors (Lipinski definition) is 2. The molecule has 0 saturated carbocycles. The van der Waals surface area contributed by atoms with Crippen molar-refractivity contribution >= 4 is 41.5 Å². The van der Waals surface area contributed by atoms with Gasteiger partial charge in [-0.1, -0.05) is 18.5 Å². The van der Waals surface area contributed by atoms with Gasteiger partial charge in [0.1, 0.15) is 0 Å². The molecule has 7 heteroatoms. The zero-order valence-electron chi connectivity index (χ0n) is 15.8. The molecule has 0 bridgehead atoms. The third kappa shape index (κ3) is 5.84. The number of carbonyl (C=O) groups is 2. The summed E-state index contributed by atoms with van der Waals surface area (Å²) in [6.07, 6.45) is 4.77. The van der Waals surface area contributed by atoms with Crippen molar-refractivity contribution in [3.05, 3.63) is 28.8 Å². The van der Waals surface area contributed by atoms with E-state index in [0.717, 1.165) is 51.9 Å². The predicted octanol–water partition coefficient (Wildman–Crippen LogP) is 3.96. The molecule has 1 aromatic carbocycles. The van der Waals surface area contributed by atoms with Gasteiger partial charge in [0.2, 0.25) is 5.91 Å². The topological polar surface area (TPSA) is 61.4 Å². The molecule has 2 aliphatic heterocycles. The molecule has 2 saturated heterocycles. The lowest BCUT2D eigenvalue weighted by molar-refractivity contribution is -0.117. The zero-order chi connectivity index (χ0) is 18.5. The van der Waals surface area contributed by atoms with Crippen molar-refractivity contribution in [2.75, 3.05) is 31.5 Å².